The summed E-state index contributed by atoms with van der Waals surface area (Å²) in [6.07, 6.45) is -6.26. The third kappa shape index (κ3) is 8.38. The van der Waals surface area contributed by atoms with Gasteiger partial charge in [0.2, 0.25) is 5.91 Å². The van der Waals surface area contributed by atoms with E-state index in [1.54, 1.807) is 0 Å². The molecule has 3 rings (SSSR count). The second-order valence-electron chi connectivity index (χ2n) is 8.25. The molecule has 1 aliphatic carbocycles. The number of hydrogen-bond acceptors (Lipinski definition) is 5. The molecule has 2 aliphatic rings. The van der Waals surface area contributed by atoms with E-state index in [4.69, 9.17) is 15.6 Å². The van der Waals surface area contributed by atoms with Gasteiger partial charge in [-0.25, -0.2) is 4.79 Å². The fourth-order valence-corrected chi connectivity index (χ4v) is 3.74. The van der Waals surface area contributed by atoms with Crippen molar-refractivity contribution < 1.29 is 45.8 Å². The minimum atomic E-state index is -5.08. The molecule has 2 amide bonds. The van der Waals surface area contributed by atoms with Crippen molar-refractivity contribution >= 4 is 17.8 Å². The lowest BCUT2D eigenvalue weighted by Crippen LogP contribution is -2.63. The Bertz CT molecular complexity index is 897. The number of nitrogens with two attached hydrogens (primary N) is 1. The highest BCUT2D eigenvalue weighted by Crippen LogP contribution is 2.29. The smallest absolute Gasteiger partial charge is 0.475 e. The van der Waals surface area contributed by atoms with Gasteiger partial charge in [0, 0.05) is 30.7 Å². The molecular formula is C21H26F6N4O4. The molecule has 1 saturated carbocycles. The van der Waals surface area contributed by atoms with Crippen LogP contribution in [0.2, 0.25) is 0 Å². The molecule has 14 heteroatoms. The van der Waals surface area contributed by atoms with E-state index in [2.05, 4.69) is 10.6 Å². The molecule has 0 radical (unpaired) electrons. The Morgan fingerprint density at radius 3 is 2.06 bits per heavy atom. The van der Waals surface area contributed by atoms with Gasteiger partial charge >= 0.3 is 18.3 Å². The number of carboxylic acids is 1. The first kappa shape index (κ1) is 28.4. The van der Waals surface area contributed by atoms with E-state index < -0.39 is 29.8 Å². The summed E-state index contributed by atoms with van der Waals surface area (Å²) in [6.45, 7) is 1.17. The van der Waals surface area contributed by atoms with Crippen LogP contribution in [-0.2, 0) is 15.8 Å². The highest BCUT2D eigenvalue weighted by molar-refractivity contribution is 5.96. The molecule has 1 aromatic rings. The van der Waals surface area contributed by atoms with Crippen molar-refractivity contribution in [2.75, 3.05) is 19.6 Å². The zero-order chi connectivity index (χ0) is 26.4. The molecular weight excluding hydrogens is 486 g/mol. The van der Waals surface area contributed by atoms with Gasteiger partial charge in [-0.2, -0.15) is 26.3 Å². The number of carboxylic acid groups (broad SMARTS) is 1. The molecule has 1 aliphatic heterocycles. The lowest BCUT2D eigenvalue weighted by Gasteiger charge is -2.45. The van der Waals surface area contributed by atoms with Crippen LogP contribution in [0.3, 0.4) is 0 Å². The topological polar surface area (TPSA) is 125 Å². The van der Waals surface area contributed by atoms with Crippen LogP contribution in [-0.4, -0.2) is 71.7 Å². The predicted molar refractivity (Wildman–Crippen MR) is 111 cm³/mol. The zero-order valence-electron chi connectivity index (χ0n) is 18.5. The summed E-state index contributed by atoms with van der Waals surface area (Å²) in [5.74, 6) is -3.67. The number of nitrogens with one attached hydrogen (secondary N) is 2. The van der Waals surface area contributed by atoms with Crippen LogP contribution in [0.5, 0.6) is 0 Å². The van der Waals surface area contributed by atoms with Gasteiger partial charge in [0.25, 0.3) is 5.91 Å². The summed E-state index contributed by atoms with van der Waals surface area (Å²) < 4.78 is 70.2. The summed E-state index contributed by atoms with van der Waals surface area (Å²) >= 11 is 0. The number of nitrogens with zero attached hydrogens (tertiary/aromatic N) is 1. The summed E-state index contributed by atoms with van der Waals surface area (Å²) in [5, 5.41) is 12.7. The highest BCUT2D eigenvalue weighted by atomic mass is 19.4. The van der Waals surface area contributed by atoms with Gasteiger partial charge in [0.05, 0.1) is 18.2 Å². The number of carbonyl (C=O) groups is 3. The number of amides is 2. The van der Waals surface area contributed by atoms with Crippen molar-refractivity contribution in [2.24, 2.45) is 5.73 Å². The lowest BCUT2D eigenvalue weighted by atomic mass is 9.89. The lowest BCUT2D eigenvalue weighted by molar-refractivity contribution is -0.192. The average Bonchev–Trinajstić information content (AvgIpc) is 2.74. The summed E-state index contributed by atoms with van der Waals surface area (Å²) in [4.78, 5) is 35.8. The van der Waals surface area contributed by atoms with Crippen molar-refractivity contribution in [2.45, 2.75) is 56.2 Å². The van der Waals surface area contributed by atoms with E-state index in [1.165, 1.54) is 12.1 Å². The van der Waals surface area contributed by atoms with Crippen molar-refractivity contribution in [3.8, 4) is 0 Å². The largest absolute Gasteiger partial charge is 0.490 e. The summed E-state index contributed by atoms with van der Waals surface area (Å²) in [7, 11) is 0. The Balaban J connectivity index is 0.000000540. The molecule has 2 fully saturated rings. The second-order valence-corrected chi connectivity index (χ2v) is 8.25. The second kappa shape index (κ2) is 11.7. The molecule has 0 atom stereocenters. The van der Waals surface area contributed by atoms with Crippen LogP contribution in [0.1, 0.15) is 41.6 Å². The van der Waals surface area contributed by atoms with E-state index in [9.17, 15) is 35.9 Å². The zero-order valence-corrected chi connectivity index (χ0v) is 18.5. The van der Waals surface area contributed by atoms with Crippen LogP contribution < -0.4 is 16.4 Å². The molecule has 0 aromatic heterocycles. The quantitative estimate of drug-likeness (QED) is 0.448. The molecule has 0 bridgehead atoms. The molecule has 196 valence electrons. The number of halogens is 6. The number of hydrogen-bond donors (Lipinski definition) is 4. The maximum Gasteiger partial charge on any atom is 0.490 e. The predicted octanol–water partition coefficient (Wildman–Crippen LogP) is 2.14. The van der Waals surface area contributed by atoms with E-state index in [0.29, 0.717) is 13.1 Å². The Kier molecular flexibility index (Phi) is 9.49. The Morgan fingerprint density at radius 1 is 1.03 bits per heavy atom. The van der Waals surface area contributed by atoms with Crippen LogP contribution in [0.25, 0.3) is 0 Å². The molecule has 1 heterocycles. The molecule has 1 aromatic carbocycles. The summed E-state index contributed by atoms with van der Waals surface area (Å²) in [6, 6.07) is 4.50. The fraction of sp³-hybridized carbons (Fsp3) is 0.571. The van der Waals surface area contributed by atoms with Gasteiger partial charge in [-0.1, -0.05) is 6.07 Å². The van der Waals surface area contributed by atoms with Crippen LogP contribution in [0.15, 0.2) is 24.3 Å². The fourth-order valence-electron chi connectivity index (χ4n) is 3.74. The normalized spacial score (nSPS) is 20.7. The molecule has 0 spiro atoms. The third-order valence-electron chi connectivity index (χ3n) is 5.67. The Hall–Kier alpha value is -2.87. The third-order valence-corrected chi connectivity index (χ3v) is 5.67. The average molecular weight is 512 g/mol. The first-order valence-corrected chi connectivity index (χ1v) is 10.7. The molecule has 0 unspecified atom stereocenters. The van der Waals surface area contributed by atoms with Crippen molar-refractivity contribution in [3.05, 3.63) is 35.4 Å². The van der Waals surface area contributed by atoms with Gasteiger partial charge in [0.15, 0.2) is 0 Å². The van der Waals surface area contributed by atoms with Gasteiger partial charge in [0.1, 0.15) is 0 Å². The highest BCUT2D eigenvalue weighted by Gasteiger charge is 2.38. The number of aliphatic carboxylic acids is 1. The van der Waals surface area contributed by atoms with Crippen molar-refractivity contribution in [1.29, 1.82) is 0 Å². The van der Waals surface area contributed by atoms with Crippen LogP contribution >= 0.6 is 0 Å². The maximum atomic E-state index is 12.8. The molecule has 8 nitrogen and oxygen atoms in total. The first-order chi connectivity index (χ1) is 16.2. The number of alkyl halides is 6. The molecule has 5 N–H and O–H groups in total. The van der Waals surface area contributed by atoms with E-state index in [1.807, 2.05) is 4.90 Å². The van der Waals surface area contributed by atoms with E-state index >= 15 is 0 Å². The monoisotopic (exact) mass is 512 g/mol. The number of carbonyl (C=O) groups excluding carboxylic acids is 2. The van der Waals surface area contributed by atoms with E-state index in [0.717, 1.165) is 37.8 Å². The Morgan fingerprint density at radius 2 is 1.60 bits per heavy atom. The van der Waals surface area contributed by atoms with Crippen LogP contribution in [0, 0.1) is 0 Å². The minimum absolute atomic E-state index is 0.0808. The maximum absolute atomic E-state index is 12.8. The minimum Gasteiger partial charge on any atom is -0.475 e. The standard InChI is InChI=1S/C19H25F3N4O2.C2HF3O2/c20-19(21,22)13-3-1-2-12(8-13)18(28)25-11-17(27)26(16-9-24-10-16)15-6-4-14(23)5-7-15;3-2(4,5)1(6)7/h1-3,8,14-16,24H,4-7,9-11,23H2,(H,25,28);(H,6,7). The van der Waals surface area contributed by atoms with Gasteiger partial charge in [-0.05, 0) is 43.9 Å². The van der Waals surface area contributed by atoms with Crippen molar-refractivity contribution in [1.82, 2.24) is 15.5 Å². The first-order valence-electron chi connectivity index (χ1n) is 10.7. The summed E-state index contributed by atoms with van der Waals surface area (Å²) in [5.41, 5.74) is 4.93. The van der Waals surface area contributed by atoms with Crippen LogP contribution in [0.4, 0.5) is 26.3 Å². The molecule has 1 saturated heterocycles. The molecule has 35 heavy (non-hydrogen) atoms. The number of rotatable bonds is 5. The van der Waals surface area contributed by atoms with Crippen molar-refractivity contribution in [3.63, 3.8) is 0 Å². The van der Waals surface area contributed by atoms with E-state index in [-0.39, 0.29) is 36.1 Å². The van der Waals surface area contributed by atoms with Gasteiger partial charge < -0.3 is 26.4 Å². The van der Waals surface area contributed by atoms with Gasteiger partial charge in [-0.15, -0.1) is 0 Å². The van der Waals surface area contributed by atoms with Gasteiger partial charge in [-0.3, -0.25) is 9.59 Å². The Labute approximate surface area is 196 Å². The number of benzene rings is 1. The SMILES string of the molecule is NC1CCC(N(C(=O)CNC(=O)c2cccc(C(F)(F)F)c2)C2CNC2)CC1.O=C(O)C(F)(F)F.